The zero-order chi connectivity index (χ0) is 22.4. The van der Waals surface area contributed by atoms with Gasteiger partial charge in [0.15, 0.2) is 6.61 Å². The van der Waals surface area contributed by atoms with E-state index in [-0.39, 0.29) is 43.6 Å². The van der Waals surface area contributed by atoms with E-state index in [1.807, 2.05) is 79.6 Å². The molecule has 0 aliphatic carbocycles. The molecule has 31 heavy (non-hydrogen) atoms. The van der Waals surface area contributed by atoms with Crippen molar-refractivity contribution in [3.63, 3.8) is 0 Å². The summed E-state index contributed by atoms with van der Waals surface area (Å²) in [6.45, 7) is 8.34. The van der Waals surface area contributed by atoms with E-state index in [1.165, 1.54) is 0 Å². The van der Waals surface area contributed by atoms with Gasteiger partial charge in [-0.3, -0.25) is 9.59 Å². The second kappa shape index (κ2) is 10.1. The first-order valence-corrected chi connectivity index (χ1v) is 10.6. The van der Waals surface area contributed by atoms with Crippen LogP contribution in [0.4, 0.5) is 0 Å². The number of fused-ring (bicyclic) bond motifs is 1. The lowest BCUT2D eigenvalue weighted by Crippen LogP contribution is -2.44. The van der Waals surface area contributed by atoms with Gasteiger partial charge in [0.25, 0.3) is 5.91 Å². The number of imidazole rings is 1. The molecule has 0 fully saturated rings. The molecular weight excluding hydrogens is 392 g/mol. The highest BCUT2D eigenvalue weighted by molar-refractivity contribution is 5.82. The van der Waals surface area contributed by atoms with Crippen molar-refractivity contribution in [2.24, 2.45) is 0 Å². The number of hydrogen-bond donors (Lipinski definition) is 1. The molecule has 7 nitrogen and oxygen atoms in total. The average molecular weight is 423 g/mol. The van der Waals surface area contributed by atoms with Crippen molar-refractivity contribution in [1.82, 2.24) is 19.8 Å². The summed E-state index contributed by atoms with van der Waals surface area (Å²) in [5.41, 5.74) is 1.66. The van der Waals surface area contributed by atoms with E-state index in [4.69, 9.17) is 4.74 Å². The molecule has 1 N–H and O–H groups in total. The molecule has 3 aromatic rings. The van der Waals surface area contributed by atoms with Crippen LogP contribution in [0.3, 0.4) is 0 Å². The maximum atomic E-state index is 13.1. The van der Waals surface area contributed by atoms with Crippen molar-refractivity contribution in [2.75, 3.05) is 6.61 Å². The number of carbonyl (C=O) groups excluding carboxylic acids is 2. The first kappa shape index (κ1) is 22.3. The Labute approximate surface area is 183 Å². The minimum absolute atomic E-state index is 0.0214. The molecule has 0 radical (unpaired) electrons. The lowest BCUT2D eigenvalue weighted by molar-refractivity contribution is -0.135. The Morgan fingerprint density at radius 3 is 2.32 bits per heavy atom. The smallest absolute Gasteiger partial charge is 0.258 e. The van der Waals surface area contributed by atoms with Gasteiger partial charge in [-0.2, -0.15) is 0 Å². The molecule has 0 saturated carbocycles. The Morgan fingerprint density at radius 2 is 1.65 bits per heavy atom. The van der Waals surface area contributed by atoms with Crippen LogP contribution in [-0.4, -0.2) is 45.0 Å². The maximum Gasteiger partial charge on any atom is 0.258 e. The Balaban J connectivity index is 1.73. The zero-order valence-corrected chi connectivity index (χ0v) is 18.5. The lowest BCUT2D eigenvalue weighted by atomic mass is 10.2. The van der Waals surface area contributed by atoms with Crippen molar-refractivity contribution in [2.45, 2.75) is 52.9 Å². The highest BCUT2D eigenvalue weighted by atomic mass is 16.5. The minimum Gasteiger partial charge on any atom is -0.484 e. The van der Waals surface area contributed by atoms with E-state index in [0.29, 0.717) is 11.6 Å². The van der Waals surface area contributed by atoms with E-state index < -0.39 is 0 Å². The number of amides is 2. The fourth-order valence-electron chi connectivity index (χ4n) is 3.72. The molecule has 2 aromatic carbocycles. The van der Waals surface area contributed by atoms with Crippen LogP contribution >= 0.6 is 0 Å². The predicted molar refractivity (Wildman–Crippen MR) is 121 cm³/mol. The highest BCUT2D eigenvalue weighted by Gasteiger charge is 2.22. The SMILES string of the molecule is CC(C)N(C(=O)Cn1c(CNC(=O)COc2ccccc2)nc2ccccc21)C(C)C. The normalized spacial score (nSPS) is 11.2. The Kier molecular flexibility index (Phi) is 7.28. The van der Waals surface area contributed by atoms with Gasteiger partial charge >= 0.3 is 0 Å². The summed E-state index contributed by atoms with van der Waals surface area (Å²) in [6.07, 6.45) is 0. The summed E-state index contributed by atoms with van der Waals surface area (Å²) in [6, 6.07) is 17.1. The molecule has 0 saturated heterocycles. The molecule has 0 bridgehead atoms. The Bertz CT molecular complexity index is 1020. The third kappa shape index (κ3) is 5.63. The van der Waals surface area contributed by atoms with Gasteiger partial charge in [-0.05, 0) is 52.0 Å². The first-order valence-electron chi connectivity index (χ1n) is 10.6. The van der Waals surface area contributed by atoms with Gasteiger partial charge in [-0.15, -0.1) is 0 Å². The monoisotopic (exact) mass is 422 g/mol. The summed E-state index contributed by atoms with van der Waals surface area (Å²) in [4.78, 5) is 31.8. The second-order valence-corrected chi connectivity index (χ2v) is 7.97. The minimum atomic E-state index is -0.250. The van der Waals surface area contributed by atoms with Gasteiger partial charge in [-0.1, -0.05) is 30.3 Å². The fraction of sp³-hybridized carbons (Fsp3) is 0.375. The molecule has 2 amide bonds. The molecule has 0 aliphatic rings. The number of hydrogen-bond acceptors (Lipinski definition) is 4. The summed E-state index contributed by atoms with van der Waals surface area (Å²) in [5, 5.41) is 2.85. The number of ether oxygens (including phenoxy) is 1. The highest BCUT2D eigenvalue weighted by Crippen LogP contribution is 2.18. The standard InChI is InChI=1S/C24H30N4O3/c1-17(2)28(18(3)4)24(30)15-27-21-13-9-8-12-20(21)26-22(27)14-25-23(29)16-31-19-10-6-5-7-11-19/h5-13,17-18H,14-16H2,1-4H3,(H,25,29). The molecular formula is C24H30N4O3. The molecule has 1 aromatic heterocycles. The predicted octanol–water partition coefficient (Wildman–Crippen LogP) is 3.38. The van der Waals surface area contributed by atoms with E-state index in [1.54, 1.807) is 12.1 Å². The van der Waals surface area contributed by atoms with Crippen LogP contribution in [-0.2, 0) is 22.7 Å². The van der Waals surface area contributed by atoms with Crippen molar-refractivity contribution >= 4 is 22.8 Å². The van der Waals surface area contributed by atoms with Crippen LogP contribution < -0.4 is 10.1 Å². The lowest BCUT2D eigenvalue weighted by Gasteiger charge is -2.31. The number of nitrogens with zero attached hydrogens (tertiary/aromatic N) is 3. The summed E-state index contributed by atoms with van der Waals surface area (Å²) >= 11 is 0. The van der Waals surface area contributed by atoms with Crippen LogP contribution in [0, 0.1) is 0 Å². The van der Waals surface area contributed by atoms with Gasteiger partial charge in [-0.25, -0.2) is 4.98 Å². The maximum absolute atomic E-state index is 13.1. The van der Waals surface area contributed by atoms with Gasteiger partial charge in [0, 0.05) is 12.1 Å². The topological polar surface area (TPSA) is 76.5 Å². The van der Waals surface area contributed by atoms with E-state index in [2.05, 4.69) is 10.3 Å². The summed E-state index contributed by atoms with van der Waals surface area (Å²) in [5.74, 6) is 1.04. The Hall–Kier alpha value is -3.35. The van der Waals surface area contributed by atoms with Gasteiger partial charge in [0.2, 0.25) is 5.91 Å². The number of rotatable bonds is 9. The molecule has 164 valence electrons. The van der Waals surface area contributed by atoms with Crippen LogP contribution in [0.15, 0.2) is 54.6 Å². The second-order valence-electron chi connectivity index (χ2n) is 7.97. The zero-order valence-electron chi connectivity index (χ0n) is 18.5. The molecule has 3 rings (SSSR count). The summed E-state index contributed by atoms with van der Waals surface area (Å²) < 4.78 is 7.38. The quantitative estimate of drug-likeness (QED) is 0.574. The van der Waals surface area contributed by atoms with Gasteiger partial charge in [0.05, 0.1) is 17.6 Å². The molecule has 0 unspecified atom stereocenters. The number of para-hydroxylation sites is 3. The number of nitrogens with one attached hydrogen (secondary N) is 1. The molecule has 0 atom stereocenters. The number of carbonyl (C=O) groups is 2. The first-order chi connectivity index (χ1) is 14.9. The van der Waals surface area contributed by atoms with Crippen molar-refractivity contribution in [1.29, 1.82) is 0 Å². The molecule has 0 aliphatic heterocycles. The van der Waals surface area contributed by atoms with Crippen LogP contribution in [0.25, 0.3) is 11.0 Å². The number of aromatic nitrogens is 2. The van der Waals surface area contributed by atoms with Gasteiger partial charge < -0.3 is 19.5 Å². The van der Waals surface area contributed by atoms with E-state index in [0.717, 1.165) is 11.0 Å². The third-order valence-corrected chi connectivity index (χ3v) is 4.98. The molecule has 0 spiro atoms. The largest absolute Gasteiger partial charge is 0.484 e. The van der Waals surface area contributed by atoms with Crippen molar-refractivity contribution in [3.8, 4) is 5.75 Å². The molecule has 1 heterocycles. The average Bonchev–Trinajstić information content (AvgIpc) is 3.08. The Morgan fingerprint density at radius 1 is 1.00 bits per heavy atom. The molecule has 7 heteroatoms. The fourth-order valence-corrected chi connectivity index (χ4v) is 3.72. The van der Waals surface area contributed by atoms with Crippen LogP contribution in [0.5, 0.6) is 5.75 Å². The van der Waals surface area contributed by atoms with Gasteiger partial charge in [0.1, 0.15) is 18.1 Å². The van der Waals surface area contributed by atoms with Crippen molar-refractivity contribution in [3.05, 3.63) is 60.4 Å². The van der Waals surface area contributed by atoms with Crippen LogP contribution in [0.2, 0.25) is 0 Å². The van der Waals surface area contributed by atoms with E-state index in [9.17, 15) is 9.59 Å². The third-order valence-electron chi connectivity index (χ3n) is 4.98. The van der Waals surface area contributed by atoms with Crippen LogP contribution in [0.1, 0.15) is 33.5 Å². The van der Waals surface area contributed by atoms with Crippen molar-refractivity contribution < 1.29 is 14.3 Å². The number of benzene rings is 2. The summed E-state index contributed by atoms with van der Waals surface area (Å²) in [7, 11) is 0. The van der Waals surface area contributed by atoms with E-state index >= 15 is 0 Å².